The van der Waals surface area contributed by atoms with E-state index in [0.29, 0.717) is 0 Å². The van der Waals surface area contributed by atoms with Crippen LogP contribution in [0.4, 0.5) is 0 Å². The van der Waals surface area contributed by atoms with Gasteiger partial charge in [0.15, 0.2) is 0 Å². The molecule has 0 saturated carbocycles. The third-order valence-corrected chi connectivity index (χ3v) is 3.57. The van der Waals surface area contributed by atoms with E-state index in [0.717, 1.165) is 0 Å². The van der Waals surface area contributed by atoms with Crippen molar-refractivity contribution in [1.82, 2.24) is 0 Å². The van der Waals surface area contributed by atoms with Gasteiger partial charge < -0.3 is 1.43 Å². The molecule has 0 spiro atoms. The first-order valence-corrected chi connectivity index (χ1v) is 5.74. The molecule has 0 radical (unpaired) electrons. The topological polar surface area (TPSA) is 0 Å². The summed E-state index contributed by atoms with van der Waals surface area (Å²) in [5.41, 5.74) is 8.28. The Labute approximate surface area is 128 Å². The Kier molecular flexibility index (Phi) is 5.00. The van der Waals surface area contributed by atoms with E-state index in [-0.39, 0.29) is 31.0 Å². The van der Waals surface area contributed by atoms with Crippen molar-refractivity contribution in [3.63, 3.8) is 0 Å². The minimum absolute atomic E-state index is 0. The Bertz CT molecular complexity index is 518. The van der Waals surface area contributed by atoms with E-state index >= 15 is 0 Å². The molecule has 0 saturated heterocycles. The summed E-state index contributed by atoms with van der Waals surface area (Å²) in [5.74, 6) is 0. The SMILES string of the molecule is Cc1cc(-c2ccccc2)c(C)c(C)c1C.[H-].[Na+]. The van der Waals surface area contributed by atoms with Crippen LogP contribution in [0, 0.1) is 27.7 Å². The van der Waals surface area contributed by atoms with Gasteiger partial charge in [-0.05, 0) is 61.1 Å². The molecule has 0 N–H and O–H groups in total. The standard InChI is InChI=1S/C16H18.Na.H/c1-11-10-16(14(4)13(3)12(11)2)15-8-6-5-7-9-15;;/h5-10H,1-4H3;;/q;+1;-1. The number of hydrogen-bond donors (Lipinski definition) is 0. The Balaban J connectivity index is 0.00000144. The van der Waals surface area contributed by atoms with Gasteiger partial charge in [-0.2, -0.15) is 0 Å². The Morgan fingerprint density at radius 3 is 1.94 bits per heavy atom. The molecule has 2 aromatic carbocycles. The van der Waals surface area contributed by atoms with Crippen molar-refractivity contribution in [2.24, 2.45) is 0 Å². The fraction of sp³-hybridized carbons (Fsp3) is 0.250. The van der Waals surface area contributed by atoms with Crippen LogP contribution in [0.1, 0.15) is 23.7 Å². The largest absolute Gasteiger partial charge is 1.00 e. The van der Waals surface area contributed by atoms with Crippen LogP contribution >= 0.6 is 0 Å². The minimum atomic E-state index is 0. The van der Waals surface area contributed by atoms with Gasteiger partial charge >= 0.3 is 29.6 Å². The second kappa shape index (κ2) is 5.86. The molecule has 2 aromatic rings. The molecule has 17 heavy (non-hydrogen) atoms. The van der Waals surface area contributed by atoms with Crippen LogP contribution in [0.15, 0.2) is 36.4 Å². The molecule has 0 aliphatic heterocycles. The molecule has 0 aliphatic carbocycles. The molecular weight excluding hydrogens is 215 g/mol. The van der Waals surface area contributed by atoms with Gasteiger partial charge in [0, 0.05) is 0 Å². The maximum Gasteiger partial charge on any atom is 1.00 e. The molecule has 0 amide bonds. The zero-order chi connectivity index (χ0) is 11.7. The fourth-order valence-electron chi connectivity index (χ4n) is 2.13. The predicted octanol–water partition coefficient (Wildman–Crippen LogP) is 1.70. The summed E-state index contributed by atoms with van der Waals surface area (Å²) in [7, 11) is 0. The van der Waals surface area contributed by atoms with E-state index in [1.807, 2.05) is 0 Å². The first kappa shape index (κ1) is 14.5. The van der Waals surface area contributed by atoms with E-state index in [1.54, 1.807) is 0 Å². The fourth-order valence-corrected chi connectivity index (χ4v) is 2.13. The van der Waals surface area contributed by atoms with Crippen molar-refractivity contribution in [3.05, 3.63) is 58.7 Å². The molecule has 0 nitrogen and oxygen atoms in total. The second-order valence-corrected chi connectivity index (χ2v) is 4.48. The molecule has 0 fully saturated rings. The number of hydrogen-bond acceptors (Lipinski definition) is 0. The third kappa shape index (κ3) is 2.82. The van der Waals surface area contributed by atoms with Crippen molar-refractivity contribution in [3.8, 4) is 11.1 Å². The molecule has 0 aromatic heterocycles. The molecular formula is C16H19Na. The average molecular weight is 234 g/mol. The van der Waals surface area contributed by atoms with Crippen LogP contribution < -0.4 is 29.6 Å². The maximum absolute atomic E-state index is 2.30. The Hall–Kier alpha value is -0.560. The quantitative estimate of drug-likeness (QED) is 0.659. The van der Waals surface area contributed by atoms with Gasteiger partial charge in [0.05, 0.1) is 0 Å². The average Bonchev–Trinajstić information content (AvgIpc) is 2.32. The molecule has 84 valence electrons. The summed E-state index contributed by atoms with van der Waals surface area (Å²) in [6.07, 6.45) is 0. The van der Waals surface area contributed by atoms with Crippen LogP contribution in [0.5, 0.6) is 0 Å². The molecule has 1 heteroatoms. The van der Waals surface area contributed by atoms with E-state index in [9.17, 15) is 0 Å². The van der Waals surface area contributed by atoms with Gasteiger partial charge in [-0.15, -0.1) is 0 Å². The summed E-state index contributed by atoms with van der Waals surface area (Å²) in [6, 6.07) is 12.9. The van der Waals surface area contributed by atoms with Crippen LogP contribution in [0.3, 0.4) is 0 Å². The number of rotatable bonds is 1. The van der Waals surface area contributed by atoms with Gasteiger partial charge in [-0.25, -0.2) is 0 Å². The van der Waals surface area contributed by atoms with Crippen molar-refractivity contribution in [2.75, 3.05) is 0 Å². The van der Waals surface area contributed by atoms with E-state index in [2.05, 4.69) is 64.1 Å². The van der Waals surface area contributed by atoms with Gasteiger partial charge in [0.2, 0.25) is 0 Å². The second-order valence-electron chi connectivity index (χ2n) is 4.48. The molecule has 0 heterocycles. The van der Waals surface area contributed by atoms with Gasteiger partial charge in [0.1, 0.15) is 0 Å². The van der Waals surface area contributed by atoms with Gasteiger partial charge in [-0.1, -0.05) is 36.4 Å². The van der Waals surface area contributed by atoms with E-state index in [4.69, 9.17) is 0 Å². The predicted molar refractivity (Wildman–Crippen MR) is 71.9 cm³/mol. The van der Waals surface area contributed by atoms with Gasteiger partial charge in [-0.3, -0.25) is 0 Å². The van der Waals surface area contributed by atoms with Gasteiger partial charge in [0.25, 0.3) is 0 Å². The number of benzene rings is 2. The van der Waals surface area contributed by atoms with Crippen molar-refractivity contribution in [2.45, 2.75) is 27.7 Å². The number of aryl methyl sites for hydroxylation is 1. The van der Waals surface area contributed by atoms with Crippen molar-refractivity contribution in [1.29, 1.82) is 0 Å². The molecule has 0 bridgehead atoms. The monoisotopic (exact) mass is 234 g/mol. The first-order chi connectivity index (χ1) is 7.61. The summed E-state index contributed by atoms with van der Waals surface area (Å²) in [4.78, 5) is 0. The zero-order valence-corrected chi connectivity index (χ0v) is 13.5. The van der Waals surface area contributed by atoms with Crippen molar-refractivity contribution >= 4 is 0 Å². The molecule has 0 aliphatic rings. The van der Waals surface area contributed by atoms with Crippen LogP contribution in [0.25, 0.3) is 11.1 Å². The van der Waals surface area contributed by atoms with E-state index < -0.39 is 0 Å². The normalized spacial score (nSPS) is 9.88. The minimum Gasteiger partial charge on any atom is -1.00 e. The summed E-state index contributed by atoms with van der Waals surface area (Å²) in [5, 5.41) is 0. The Morgan fingerprint density at radius 2 is 1.35 bits per heavy atom. The molecule has 0 unspecified atom stereocenters. The Morgan fingerprint density at radius 1 is 0.765 bits per heavy atom. The molecule has 0 atom stereocenters. The summed E-state index contributed by atoms with van der Waals surface area (Å²) >= 11 is 0. The van der Waals surface area contributed by atoms with Crippen LogP contribution in [0.2, 0.25) is 0 Å². The van der Waals surface area contributed by atoms with Crippen molar-refractivity contribution < 1.29 is 31.0 Å². The smallest absolute Gasteiger partial charge is 1.00 e. The maximum atomic E-state index is 2.30. The van der Waals surface area contributed by atoms with E-state index in [1.165, 1.54) is 33.4 Å². The third-order valence-electron chi connectivity index (χ3n) is 3.57. The molecule has 2 rings (SSSR count). The zero-order valence-electron chi connectivity index (χ0n) is 12.5. The van der Waals surface area contributed by atoms with Crippen LogP contribution in [-0.4, -0.2) is 0 Å². The van der Waals surface area contributed by atoms with Crippen LogP contribution in [-0.2, 0) is 0 Å². The first-order valence-electron chi connectivity index (χ1n) is 5.74. The summed E-state index contributed by atoms with van der Waals surface area (Å²) < 4.78 is 0. The summed E-state index contributed by atoms with van der Waals surface area (Å²) in [6.45, 7) is 8.81.